The fourth-order valence-corrected chi connectivity index (χ4v) is 2.96. The van der Waals surface area contributed by atoms with Crippen LogP contribution in [0.15, 0.2) is 54.6 Å². The molecule has 0 bridgehead atoms. The van der Waals surface area contributed by atoms with Gasteiger partial charge in [-0.1, -0.05) is 35.3 Å². The number of benzene rings is 3. The predicted octanol–water partition coefficient (Wildman–Crippen LogP) is 5.82. The fourth-order valence-electron chi connectivity index (χ4n) is 2.60. The van der Waals surface area contributed by atoms with Crippen molar-refractivity contribution in [2.45, 2.75) is 13.8 Å². The second-order valence-electron chi connectivity index (χ2n) is 6.57. The first-order valence-corrected chi connectivity index (χ1v) is 9.48. The summed E-state index contributed by atoms with van der Waals surface area (Å²) in [5, 5.41) is 16.5. The standard InChI is InChI=1S/C22H18Cl2N2O3/c1-12-3-6-15(10-18(12)23)25-21(28)14-5-8-20(27)17(9-14)22(29)26-16-7-4-13(2)19(24)11-16/h3-11,27H,1-2H3,(H,25,28)(H,26,29). The van der Waals surface area contributed by atoms with E-state index in [1.165, 1.54) is 18.2 Å². The SMILES string of the molecule is Cc1ccc(NC(=O)c2ccc(O)c(C(=O)Nc3ccc(C)c(Cl)c3)c2)cc1Cl. The molecule has 3 N–H and O–H groups in total. The Balaban J connectivity index is 1.81. The first-order chi connectivity index (χ1) is 13.7. The quantitative estimate of drug-likeness (QED) is 0.489. The summed E-state index contributed by atoms with van der Waals surface area (Å²) in [6, 6.07) is 14.3. The van der Waals surface area contributed by atoms with Gasteiger partial charge in [-0.3, -0.25) is 9.59 Å². The summed E-state index contributed by atoms with van der Waals surface area (Å²) >= 11 is 12.2. The number of phenolic OH excluding ortho intramolecular Hbond substituents is 1. The fraction of sp³-hybridized carbons (Fsp3) is 0.0909. The minimum atomic E-state index is -0.560. The lowest BCUT2D eigenvalue weighted by Crippen LogP contribution is -2.16. The number of anilines is 2. The van der Waals surface area contributed by atoms with Crippen molar-refractivity contribution in [3.8, 4) is 5.75 Å². The van der Waals surface area contributed by atoms with Gasteiger partial charge in [0.2, 0.25) is 0 Å². The maximum absolute atomic E-state index is 12.6. The van der Waals surface area contributed by atoms with E-state index in [0.717, 1.165) is 11.1 Å². The van der Waals surface area contributed by atoms with Crippen molar-refractivity contribution in [1.82, 2.24) is 0 Å². The highest BCUT2D eigenvalue weighted by Gasteiger charge is 2.16. The van der Waals surface area contributed by atoms with Gasteiger partial charge in [-0.25, -0.2) is 0 Å². The molecule has 0 aliphatic heterocycles. The molecule has 0 spiro atoms. The number of rotatable bonds is 4. The van der Waals surface area contributed by atoms with Gasteiger partial charge in [0.1, 0.15) is 5.75 Å². The third kappa shape index (κ3) is 4.88. The van der Waals surface area contributed by atoms with Crippen molar-refractivity contribution in [1.29, 1.82) is 0 Å². The van der Waals surface area contributed by atoms with Crippen LogP contribution in [-0.4, -0.2) is 16.9 Å². The normalized spacial score (nSPS) is 10.5. The van der Waals surface area contributed by atoms with E-state index in [1.54, 1.807) is 36.4 Å². The molecular formula is C22H18Cl2N2O3. The zero-order valence-electron chi connectivity index (χ0n) is 15.7. The summed E-state index contributed by atoms with van der Waals surface area (Å²) in [5.41, 5.74) is 2.96. The first kappa shape index (κ1) is 20.7. The highest BCUT2D eigenvalue weighted by Crippen LogP contribution is 2.24. The Bertz CT molecular complexity index is 1110. The molecule has 0 aliphatic rings. The molecule has 3 rings (SSSR count). The lowest BCUT2D eigenvalue weighted by Gasteiger charge is -2.11. The van der Waals surface area contributed by atoms with Crippen LogP contribution in [0.25, 0.3) is 0 Å². The van der Waals surface area contributed by atoms with E-state index in [2.05, 4.69) is 10.6 Å². The van der Waals surface area contributed by atoms with E-state index < -0.39 is 11.8 Å². The number of aromatic hydroxyl groups is 1. The molecule has 29 heavy (non-hydrogen) atoms. The van der Waals surface area contributed by atoms with Crippen molar-refractivity contribution in [3.05, 3.63) is 86.9 Å². The van der Waals surface area contributed by atoms with Gasteiger partial charge in [0.05, 0.1) is 5.56 Å². The number of amides is 2. The van der Waals surface area contributed by atoms with Crippen LogP contribution in [0.5, 0.6) is 5.75 Å². The summed E-state index contributed by atoms with van der Waals surface area (Å²) in [4.78, 5) is 25.1. The average molecular weight is 429 g/mol. The molecule has 0 aliphatic carbocycles. The topological polar surface area (TPSA) is 78.4 Å². The van der Waals surface area contributed by atoms with E-state index in [1.807, 2.05) is 13.8 Å². The molecule has 3 aromatic carbocycles. The Morgan fingerprint density at radius 1 is 0.759 bits per heavy atom. The molecule has 0 saturated carbocycles. The summed E-state index contributed by atoms with van der Waals surface area (Å²) in [7, 11) is 0. The van der Waals surface area contributed by atoms with Gasteiger partial charge in [0, 0.05) is 27.0 Å². The molecule has 0 atom stereocenters. The zero-order chi connectivity index (χ0) is 21.1. The molecular weight excluding hydrogens is 411 g/mol. The van der Waals surface area contributed by atoms with Gasteiger partial charge >= 0.3 is 0 Å². The van der Waals surface area contributed by atoms with Crippen molar-refractivity contribution < 1.29 is 14.7 Å². The molecule has 0 radical (unpaired) electrons. The molecule has 0 fully saturated rings. The minimum absolute atomic E-state index is 0.0312. The van der Waals surface area contributed by atoms with Gasteiger partial charge in [0.15, 0.2) is 0 Å². The molecule has 0 heterocycles. The summed E-state index contributed by atoms with van der Waals surface area (Å²) in [5.74, 6) is -1.23. The number of hydrogen-bond acceptors (Lipinski definition) is 3. The van der Waals surface area contributed by atoms with Gasteiger partial charge < -0.3 is 15.7 Å². The van der Waals surface area contributed by atoms with Crippen LogP contribution in [-0.2, 0) is 0 Å². The van der Waals surface area contributed by atoms with Crippen molar-refractivity contribution >= 4 is 46.4 Å². The third-order valence-electron chi connectivity index (χ3n) is 4.36. The van der Waals surface area contributed by atoms with Gasteiger partial charge in [0.25, 0.3) is 11.8 Å². The van der Waals surface area contributed by atoms with Crippen LogP contribution in [0.4, 0.5) is 11.4 Å². The van der Waals surface area contributed by atoms with Gasteiger partial charge in [-0.2, -0.15) is 0 Å². The van der Waals surface area contributed by atoms with E-state index in [9.17, 15) is 14.7 Å². The Hall–Kier alpha value is -3.02. The van der Waals surface area contributed by atoms with Crippen LogP contribution in [0.3, 0.4) is 0 Å². The minimum Gasteiger partial charge on any atom is -0.507 e. The Kier molecular flexibility index (Phi) is 6.11. The lowest BCUT2D eigenvalue weighted by molar-refractivity contribution is 0.102. The Morgan fingerprint density at radius 2 is 1.28 bits per heavy atom. The van der Waals surface area contributed by atoms with Crippen LogP contribution in [0.2, 0.25) is 10.0 Å². The summed E-state index contributed by atoms with van der Waals surface area (Å²) in [6.45, 7) is 3.71. The van der Waals surface area contributed by atoms with Gasteiger partial charge in [-0.05, 0) is 67.4 Å². The van der Waals surface area contributed by atoms with Crippen molar-refractivity contribution in [2.24, 2.45) is 0 Å². The first-order valence-electron chi connectivity index (χ1n) is 8.72. The molecule has 3 aromatic rings. The molecule has 2 amide bonds. The molecule has 5 nitrogen and oxygen atoms in total. The average Bonchev–Trinajstić information content (AvgIpc) is 2.68. The van der Waals surface area contributed by atoms with Crippen molar-refractivity contribution in [2.75, 3.05) is 10.6 Å². The number of hydrogen-bond donors (Lipinski definition) is 3. The maximum Gasteiger partial charge on any atom is 0.259 e. The monoisotopic (exact) mass is 428 g/mol. The largest absolute Gasteiger partial charge is 0.507 e. The van der Waals surface area contributed by atoms with Crippen LogP contribution in [0, 0.1) is 13.8 Å². The molecule has 7 heteroatoms. The van der Waals surface area contributed by atoms with Crippen molar-refractivity contribution in [3.63, 3.8) is 0 Å². The third-order valence-corrected chi connectivity index (χ3v) is 5.18. The number of aryl methyl sites for hydroxylation is 2. The van der Waals surface area contributed by atoms with E-state index >= 15 is 0 Å². The second-order valence-corrected chi connectivity index (χ2v) is 7.38. The highest BCUT2D eigenvalue weighted by atomic mass is 35.5. The summed E-state index contributed by atoms with van der Waals surface area (Å²) < 4.78 is 0. The van der Waals surface area contributed by atoms with E-state index in [-0.39, 0.29) is 16.9 Å². The Morgan fingerprint density at radius 3 is 1.79 bits per heavy atom. The zero-order valence-corrected chi connectivity index (χ0v) is 17.2. The maximum atomic E-state index is 12.6. The van der Waals surface area contributed by atoms with Crippen LogP contribution in [0.1, 0.15) is 31.8 Å². The molecule has 0 aromatic heterocycles. The van der Waals surface area contributed by atoms with E-state index in [4.69, 9.17) is 23.2 Å². The lowest BCUT2D eigenvalue weighted by atomic mass is 10.1. The van der Waals surface area contributed by atoms with E-state index in [0.29, 0.717) is 21.4 Å². The predicted molar refractivity (Wildman–Crippen MR) is 116 cm³/mol. The number of carbonyl (C=O) groups excluding carboxylic acids is 2. The summed E-state index contributed by atoms with van der Waals surface area (Å²) in [6.07, 6.45) is 0. The number of phenols is 1. The van der Waals surface area contributed by atoms with Gasteiger partial charge in [-0.15, -0.1) is 0 Å². The number of carbonyl (C=O) groups is 2. The van der Waals surface area contributed by atoms with Crippen LogP contribution >= 0.6 is 23.2 Å². The van der Waals surface area contributed by atoms with Crippen LogP contribution < -0.4 is 10.6 Å². The highest BCUT2D eigenvalue weighted by molar-refractivity contribution is 6.32. The number of halogens is 2. The number of nitrogens with one attached hydrogen (secondary N) is 2. The Labute approximate surface area is 178 Å². The molecule has 0 saturated heterocycles. The second kappa shape index (κ2) is 8.55. The smallest absolute Gasteiger partial charge is 0.259 e. The molecule has 0 unspecified atom stereocenters. The molecule has 148 valence electrons.